The Kier molecular flexibility index (Phi) is 4.09. The Hall–Kier alpha value is -2.41. The lowest BCUT2D eigenvalue weighted by Gasteiger charge is -2.11. The Bertz CT molecular complexity index is 470. The summed E-state index contributed by atoms with van der Waals surface area (Å²) < 4.78 is 0. The second kappa shape index (κ2) is 5.96. The largest absolute Gasteiger partial charge is 0.566 e. The van der Waals surface area contributed by atoms with E-state index in [1.54, 1.807) is 24.3 Å². The molecular weight excluding hydrogens is 254 g/mol. The smallest absolute Gasteiger partial charge is 0.293 e. The van der Waals surface area contributed by atoms with Crippen molar-refractivity contribution in [3.8, 4) is 0 Å². The summed E-state index contributed by atoms with van der Waals surface area (Å²) >= 11 is 0. The van der Waals surface area contributed by atoms with Gasteiger partial charge in [0.25, 0.3) is 11.8 Å². The number of imide groups is 1. The number of benzene rings is 1. The predicted molar refractivity (Wildman–Crippen MR) is 59.9 cm³/mol. The molecule has 0 aliphatic carbocycles. The van der Waals surface area contributed by atoms with Crippen LogP contribution < -0.4 is 0 Å². The molecule has 100 valence electrons. The van der Waals surface area contributed by atoms with Gasteiger partial charge in [0.05, 0.1) is 0 Å². The normalized spacial score (nSPS) is 14.6. The third-order valence-corrected chi connectivity index (χ3v) is 2.37. The van der Waals surface area contributed by atoms with Crippen LogP contribution in [-0.4, -0.2) is 23.0 Å². The minimum absolute atomic E-state index is 0.0248. The fourth-order valence-electron chi connectivity index (χ4n) is 1.47. The topological polar surface area (TPSA) is 82.1 Å². The molecule has 0 aromatic heterocycles. The summed E-state index contributed by atoms with van der Waals surface area (Å²) in [6.45, 7) is 0.0395. The lowest BCUT2D eigenvalue weighted by Crippen LogP contribution is -2.32. The Morgan fingerprint density at radius 2 is 1.74 bits per heavy atom. The second-order valence-corrected chi connectivity index (χ2v) is 3.75. The van der Waals surface area contributed by atoms with Gasteiger partial charge in [-0.3, -0.25) is 19.3 Å². The number of nitrogens with zero attached hydrogens (tertiary/aromatic N) is 1. The van der Waals surface area contributed by atoms with Crippen molar-refractivity contribution in [3.63, 3.8) is 0 Å². The average molecular weight is 265 g/mol. The molecule has 1 fully saturated rings. The maximum Gasteiger partial charge on any atom is 0.566 e. The van der Waals surface area contributed by atoms with Crippen LogP contribution in [0.25, 0.3) is 0 Å². The van der Waals surface area contributed by atoms with Gasteiger partial charge in [-0.2, -0.15) is 9.68 Å². The molecule has 2 amide bonds. The van der Waals surface area contributed by atoms with E-state index in [0.717, 1.165) is 5.56 Å². The maximum absolute atomic E-state index is 11.2. The standard InChI is InChI=1S/C12H11NO6/c14-10-6-7-11(15)13(10)18-12(16)19-17-8-9-4-2-1-3-5-9/h1-5H,6-8H2. The van der Waals surface area contributed by atoms with Crippen molar-refractivity contribution >= 4 is 18.0 Å². The van der Waals surface area contributed by atoms with Gasteiger partial charge < -0.3 is 0 Å². The van der Waals surface area contributed by atoms with Gasteiger partial charge in [0.1, 0.15) is 6.61 Å². The molecule has 1 aromatic rings. The summed E-state index contributed by atoms with van der Waals surface area (Å²) in [6.07, 6.45) is -1.21. The minimum Gasteiger partial charge on any atom is -0.293 e. The summed E-state index contributed by atoms with van der Waals surface area (Å²) in [4.78, 5) is 46.8. The molecule has 0 spiro atoms. The summed E-state index contributed by atoms with van der Waals surface area (Å²) in [6, 6.07) is 9.00. The molecule has 19 heavy (non-hydrogen) atoms. The van der Waals surface area contributed by atoms with E-state index in [1.807, 2.05) is 6.07 Å². The molecule has 0 saturated carbocycles. The molecule has 0 N–H and O–H groups in total. The molecule has 0 unspecified atom stereocenters. The van der Waals surface area contributed by atoms with Crippen molar-refractivity contribution in [3.05, 3.63) is 35.9 Å². The molecule has 0 radical (unpaired) electrons. The molecule has 0 atom stereocenters. The fourth-order valence-corrected chi connectivity index (χ4v) is 1.47. The first-order valence-corrected chi connectivity index (χ1v) is 5.58. The molecular formula is C12H11NO6. The molecule has 1 aromatic carbocycles. The molecule has 1 saturated heterocycles. The number of hydrogen-bond acceptors (Lipinski definition) is 6. The number of carbonyl (C=O) groups excluding carboxylic acids is 3. The highest BCUT2D eigenvalue weighted by molar-refractivity contribution is 6.01. The molecule has 1 aliphatic heterocycles. The zero-order valence-corrected chi connectivity index (χ0v) is 9.90. The molecule has 7 nitrogen and oxygen atoms in total. The van der Waals surface area contributed by atoms with Crippen molar-refractivity contribution in [2.45, 2.75) is 19.4 Å². The zero-order chi connectivity index (χ0) is 13.7. The number of carbonyl (C=O) groups is 3. The fraction of sp³-hybridized carbons (Fsp3) is 0.250. The number of rotatable bonds is 4. The minimum atomic E-state index is -1.26. The highest BCUT2D eigenvalue weighted by Gasteiger charge is 2.33. The number of hydroxylamine groups is 2. The molecule has 0 bridgehead atoms. The van der Waals surface area contributed by atoms with E-state index in [1.165, 1.54) is 0 Å². The molecule has 1 heterocycles. The van der Waals surface area contributed by atoms with E-state index in [4.69, 9.17) is 0 Å². The van der Waals surface area contributed by atoms with Crippen molar-refractivity contribution in [2.75, 3.05) is 0 Å². The summed E-state index contributed by atoms with van der Waals surface area (Å²) in [5.41, 5.74) is 0.795. The Labute approximate surface area is 108 Å². The van der Waals surface area contributed by atoms with Crippen molar-refractivity contribution in [1.29, 1.82) is 0 Å². The summed E-state index contributed by atoms with van der Waals surface area (Å²) in [5.74, 6) is -1.16. The van der Waals surface area contributed by atoms with Crippen LogP contribution in [0.3, 0.4) is 0 Å². The van der Waals surface area contributed by atoms with Gasteiger partial charge in [0.15, 0.2) is 0 Å². The summed E-state index contributed by atoms with van der Waals surface area (Å²) in [5, 5.41) is 0.383. The first kappa shape index (κ1) is 13.0. The zero-order valence-electron chi connectivity index (χ0n) is 9.90. The van der Waals surface area contributed by atoms with Gasteiger partial charge in [0, 0.05) is 12.8 Å². The van der Waals surface area contributed by atoms with Crippen LogP contribution >= 0.6 is 0 Å². The van der Waals surface area contributed by atoms with Gasteiger partial charge in [-0.05, 0) is 5.56 Å². The van der Waals surface area contributed by atoms with Gasteiger partial charge in [-0.25, -0.2) is 0 Å². The third-order valence-electron chi connectivity index (χ3n) is 2.37. The highest BCUT2D eigenvalue weighted by Crippen LogP contribution is 2.12. The lowest BCUT2D eigenvalue weighted by atomic mass is 10.2. The van der Waals surface area contributed by atoms with E-state index in [-0.39, 0.29) is 19.4 Å². The summed E-state index contributed by atoms with van der Waals surface area (Å²) in [7, 11) is 0. The van der Waals surface area contributed by atoms with E-state index >= 15 is 0 Å². The van der Waals surface area contributed by atoms with Crippen LogP contribution in [0.2, 0.25) is 0 Å². The Morgan fingerprint density at radius 3 is 2.37 bits per heavy atom. The highest BCUT2D eigenvalue weighted by atomic mass is 17.2. The van der Waals surface area contributed by atoms with E-state index in [9.17, 15) is 14.4 Å². The van der Waals surface area contributed by atoms with Gasteiger partial charge in [-0.1, -0.05) is 35.4 Å². The van der Waals surface area contributed by atoms with Gasteiger partial charge >= 0.3 is 6.16 Å². The Balaban J connectivity index is 1.73. The van der Waals surface area contributed by atoms with Crippen molar-refractivity contribution in [2.24, 2.45) is 0 Å². The van der Waals surface area contributed by atoms with Crippen LogP contribution in [0.4, 0.5) is 4.79 Å². The van der Waals surface area contributed by atoms with E-state index < -0.39 is 18.0 Å². The van der Waals surface area contributed by atoms with Crippen LogP contribution in [0.15, 0.2) is 30.3 Å². The first-order valence-electron chi connectivity index (χ1n) is 5.58. The van der Waals surface area contributed by atoms with E-state index in [2.05, 4.69) is 14.6 Å². The quantitative estimate of drug-likeness (QED) is 0.464. The van der Waals surface area contributed by atoms with E-state index in [0.29, 0.717) is 5.06 Å². The number of amides is 2. The monoisotopic (exact) mass is 265 g/mol. The average Bonchev–Trinajstić information content (AvgIpc) is 2.72. The predicted octanol–water partition coefficient (Wildman–Crippen LogP) is 1.34. The number of hydrogen-bond donors (Lipinski definition) is 0. The van der Waals surface area contributed by atoms with Gasteiger partial charge in [0.2, 0.25) is 0 Å². The van der Waals surface area contributed by atoms with Crippen LogP contribution in [0, 0.1) is 0 Å². The SMILES string of the molecule is O=C(OOCc1ccccc1)ON1C(=O)CCC1=O. The second-order valence-electron chi connectivity index (χ2n) is 3.75. The molecule has 2 rings (SSSR count). The van der Waals surface area contributed by atoms with Crippen LogP contribution in [0.5, 0.6) is 0 Å². The third kappa shape index (κ3) is 3.52. The van der Waals surface area contributed by atoms with Crippen LogP contribution in [0.1, 0.15) is 18.4 Å². The maximum atomic E-state index is 11.2. The molecule has 7 heteroatoms. The Morgan fingerprint density at radius 1 is 1.11 bits per heavy atom. The van der Waals surface area contributed by atoms with Crippen molar-refractivity contribution in [1.82, 2.24) is 5.06 Å². The first-order chi connectivity index (χ1) is 9.16. The van der Waals surface area contributed by atoms with Gasteiger partial charge in [-0.15, -0.1) is 0 Å². The van der Waals surface area contributed by atoms with Crippen molar-refractivity contribution < 1.29 is 29.0 Å². The van der Waals surface area contributed by atoms with Crippen LogP contribution in [-0.2, 0) is 30.8 Å². The lowest BCUT2D eigenvalue weighted by molar-refractivity contribution is -0.279. The molecule has 1 aliphatic rings.